The number of nitrogens with zero attached hydrogens (tertiary/aromatic N) is 1. The summed E-state index contributed by atoms with van der Waals surface area (Å²) in [6.45, 7) is 5.94. The fourth-order valence-electron chi connectivity index (χ4n) is 2.93. The van der Waals surface area contributed by atoms with Gasteiger partial charge in [-0.05, 0) is 39.0 Å². The monoisotopic (exact) mass is 359 g/mol. The van der Waals surface area contributed by atoms with Crippen molar-refractivity contribution in [2.75, 3.05) is 6.54 Å². The van der Waals surface area contributed by atoms with E-state index in [0.29, 0.717) is 17.8 Å². The molecule has 1 atom stereocenters. The Labute approximate surface area is 150 Å². The maximum atomic E-state index is 12.4. The number of amides is 2. The van der Waals surface area contributed by atoms with Crippen molar-refractivity contribution in [3.05, 3.63) is 35.5 Å². The Balaban J connectivity index is 1.79. The molecule has 2 aromatic rings. The lowest BCUT2D eigenvalue weighted by Crippen LogP contribution is -2.50. The zero-order chi connectivity index (χ0) is 19.1. The highest BCUT2D eigenvalue weighted by Gasteiger charge is 2.27. The number of fused-ring (bicyclic) bond motifs is 3. The summed E-state index contributed by atoms with van der Waals surface area (Å²) in [7, 11) is 0. The van der Waals surface area contributed by atoms with Crippen LogP contribution >= 0.6 is 0 Å². The largest absolute Gasteiger partial charge is 0.478 e. The Bertz CT molecular complexity index is 894. The molecule has 0 saturated carbocycles. The number of aromatic nitrogens is 1. The molecular weight excluding hydrogens is 338 g/mol. The first-order chi connectivity index (χ1) is 12.1. The van der Waals surface area contributed by atoms with Crippen LogP contribution in [0.1, 0.15) is 41.6 Å². The van der Waals surface area contributed by atoms with Gasteiger partial charge >= 0.3 is 12.1 Å². The number of hydrogen-bond acceptors (Lipinski definition) is 4. The number of carbonyl (C=O) groups excluding carboxylic acids is 2. The smallest absolute Gasteiger partial charge is 0.407 e. The van der Waals surface area contributed by atoms with Crippen molar-refractivity contribution < 1.29 is 24.2 Å². The van der Waals surface area contributed by atoms with Crippen LogP contribution in [0.5, 0.6) is 0 Å². The van der Waals surface area contributed by atoms with Crippen LogP contribution in [0.25, 0.3) is 10.9 Å². The van der Waals surface area contributed by atoms with Gasteiger partial charge in [-0.25, -0.2) is 9.59 Å². The Kier molecular flexibility index (Phi) is 4.35. The third-order valence-corrected chi connectivity index (χ3v) is 4.01. The number of nitrogens with one attached hydrogen (secondary N) is 2. The van der Waals surface area contributed by atoms with Gasteiger partial charge in [0.15, 0.2) is 0 Å². The van der Waals surface area contributed by atoms with E-state index in [2.05, 4.69) is 10.6 Å². The first-order valence-electron chi connectivity index (χ1n) is 8.28. The van der Waals surface area contributed by atoms with Crippen LogP contribution in [0.4, 0.5) is 4.79 Å². The number of aromatic carboxylic acids is 1. The molecule has 3 N–H and O–H groups in total. The second kappa shape index (κ2) is 6.36. The lowest BCUT2D eigenvalue weighted by atomic mass is 10.1. The zero-order valence-corrected chi connectivity index (χ0v) is 14.8. The summed E-state index contributed by atoms with van der Waals surface area (Å²) >= 11 is 0. The van der Waals surface area contributed by atoms with Crippen molar-refractivity contribution in [3.63, 3.8) is 0 Å². The van der Waals surface area contributed by atoms with E-state index in [0.717, 1.165) is 5.39 Å². The van der Waals surface area contributed by atoms with Crippen LogP contribution in [0.2, 0.25) is 0 Å². The highest BCUT2D eigenvalue weighted by Crippen LogP contribution is 2.24. The molecule has 1 aromatic heterocycles. The van der Waals surface area contributed by atoms with Crippen LogP contribution < -0.4 is 10.6 Å². The molecule has 0 saturated heterocycles. The van der Waals surface area contributed by atoms with Crippen molar-refractivity contribution in [1.29, 1.82) is 0 Å². The lowest BCUT2D eigenvalue weighted by molar-refractivity contribution is 0.0516. The fourth-order valence-corrected chi connectivity index (χ4v) is 2.93. The van der Waals surface area contributed by atoms with Crippen molar-refractivity contribution in [2.45, 2.75) is 39.0 Å². The number of carbonyl (C=O) groups is 3. The molecule has 0 bridgehead atoms. The van der Waals surface area contributed by atoms with Gasteiger partial charge in [0.05, 0.1) is 11.6 Å². The van der Waals surface area contributed by atoms with Gasteiger partial charge in [-0.2, -0.15) is 0 Å². The number of alkyl carbamates (subject to hydrolysis) is 1. The molecule has 0 spiro atoms. The fraction of sp³-hybridized carbons (Fsp3) is 0.389. The highest BCUT2D eigenvalue weighted by molar-refractivity contribution is 6.01. The normalized spacial score (nSPS) is 16.7. The number of carboxylic acids is 1. The van der Waals surface area contributed by atoms with Crippen molar-refractivity contribution in [3.8, 4) is 0 Å². The minimum absolute atomic E-state index is 0.160. The molecule has 1 aliphatic rings. The van der Waals surface area contributed by atoms with Gasteiger partial charge in [0.25, 0.3) is 5.91 Å². The van der Waals surface area contributed by atoms with Gasteiger partial charge in [-0.1, -0.05) is 6.07 Å². The van der Waals surface area contributed by atoms with E-state index in [-0.39, 0.29) is 24.1 Å². The lowest BCUT2D eigenvalue weighted by Gasteiger charge is -2.27. The molecule has 0 unspecified atom stereocenters. The molecule has 2 heterocycles. The van der Waals surface area contributed by atoms with Gasteiger partial charge in [0.2, 0.25) is 0 Å². The molecule has 2 amide bonds. The summed E-state index contributed by atoms with van der Waals surface area (Å²) in [5.41, 5.74) is 0.706. The SMILES string of the molecule is CC(C)(C)OC(=O)NC[C@@H]1Cn2c(cc3ccc(C(=O)O)cc32)C(=O)N1. The number of carboxylic acid groups (broad SMARTS) is 1. The second-order valence-corrected chi connectivity index (χ2v) is 7.27. The summed E-state index contributed by atoms with van der Waals surface area (Å²) in [6.07, 6.45) is -0.553. The maximum absolute atomic E-state index is 12.4. The number of benzene rings is 1. The average molecular weight is 359 g/mol. The minimum atomic E-state index is -1.02. The van der Waals surface area contributed by atoms with Crippen LogP contribution in [0, 0.1) is 0 Å². The molecule has 1 aliphatic heterocycles. The molecule has 0 radical (unpaired) electrons. The number of rotatable bonds is 3. The number of hydrogen-bond donors (Lipinski definition) is 3. The predicted molar refractivity (Wildman–Crippen MR) is 94.4 cm³/mol. The van der Waals surface area contributed by atoms with E-state index >= 15 is 0 Å². The van der Waals surface area contributed by atoms with E-state index in [1.807, 2.05) is 0 Å². The van der Waals surface area contributed by atoms with Crippen molar-refractivity contribution in [2.24, 2.45) is 0 Å². The summed E-state index contributed by atoms with van der Waals surface area (Å²) in [5, 5.41) is 15.5. The maximum Gasteiger partial charge on any atom is 0.407 e. The molecule has 8 heteroatoms. The number of ether oxygens (including phenoxy) is 1. The highest BCUT2D eigenvalue weighted by atomic mass is 16.6. The van der Waals surface area contributed by atoms with Gasteiger partial charge in [0.1, 0.15) is 11.3 Å². The Hall–Kier alpha value is -3.03. The Morgan fingerprint density at radius 2 is 2.08 bits per heavy atom. The standard InChI is InChI=1S/C18H21N3O5/c1-18(2,3)26-17(25)19-8-12-9-21-13-7-11(16(23)24)5-4-10(13)6-14(21)15(22)20-12/h4-7,12H,8-9H2,1-3H3,(H,19,25)(H,20,22)(H,23,24)/t12-/m1/s1. The van der Waals surface area contributed by atoms with Gasteiger partial charge in [-0.15, -0.1) is 0 Å². The summed E-state index contributed by atoms with van der Waals surface area (Å²) in [5.74, 6) is -1.29. The van der Waals surface area contributed by atoms with Crippen LogP contribution in [-0.2, 0) is 11.3 Å². The van der Waals surface area contributed by atoms with Crippen molar-refractivity contribution >= 4 is 28.9 Å². The Morgan fingerprint density at radius 1 is 1.35 bits per heavy atom. The first-order valence-corrected chi connectivity index (χ1v) is 8.28. The van der Waals surface area contributed by atoms with E-state index in [4.69, 9.17) is 4.74 Å². The zero-order valence-electron chi connectivity index (χ0n) is 14.8. The van der Waals surface area contributed by atoms with E-state index in [1.165, 1.54) is 6.07 Å². The molecule has 138 valence electrons. The summed E-state index contributed by atoms with van der Waals surface area (Å²) in [6, 6.07) is 6.15. The molecule has 0 fully saturated rings. The van der Waals surface area contributed by atoms with Gasteiger partial charge in [0, 0.05) is 24.0 Å². The van der Waals surface area contributed by atoms with Crippen LogP contribution in [-0.4, -0.2) is 45.8 Å². The quantitative estimate of drug-likeness (QED) is 0.776. The van der Waals surface area contributed by atoms with Crippen LogP contribution in [0.3, 0.4) is 0 Å². The van der Waals surface area contributed by atoms with E-state index in [9.17, 15) is 19.5 Å². The topological polar surface area (TPSA) is 110 Å². The third kappa shape index (κ3) is 3.63. The third-order valence-electron chi connectivity index (χ3n) is 4.01. The van der Waals surface area contributed by atoms with E-state index < -0.39 is 17.7 Å². The van der Waals surface area contributed by atoms with Gasteiger partial charge < -0.3 is 25.0 Å². The Morgan fingerprint density at radius 3 is 2.73 bits per heavy atom. The molecule has 26 heavy (non-hydrogen) atoms. The molecule has 1 aromatic carbocycles. The average Bonchev–Trinajstić information content (AvgIpc) is 2.90. The second-order valence-electron chi connectivity index (χ2n) is 7.27. The van der Waals surface area contributed by atoms with Crippen LogP contribution in [0.15, 0.2) is 24.3 Å². The minimum Gasteiger partial charge on any atom is -0.478 e. The molecule has 3 rings (SSSR count). The first kappa shape index (κ1) is 17.8. The molecule has 0 aliphatic carbocycles. The predicted octanol–water partition coefficient (Wildman–Crippen LogP) is 1.98. The van der Waals surface area contributed by atoms with Crippen molar-refractivity contribution in [1.82, 2.24) is 15.2 Å². The molecule has 8 nitrogen and oxygen atoms in total. The van der Waals surface area contributed by atoms with E-state index in [1.54, 1.807) is 43.5 Å². The summed E-state index contributed by atoms with van der Waals surface area (Å²) < 4.78 is 6.97. The molecular formula is C18H21N3O5. The summed E-state index contributed by atoms with van der Waals surface area (Å²) in [4.78, 5) is 35.4. The van der Waals surface area contributed by atoms with Gasteiger partial charge in [-0.3, -0.25) is 4.79 Å².